The molecule has 0 saturated carbocycles. The molecule has 0 fully saturated rings. The average Bonchev–Trinajstić information content (AvgIpc) is 2.33. The number of hydrogen-bond donors (Lipinski definition) is 1. The standard InChI is InChI=1S/C7H6N2/c1-2-6-4-8-5-7(6)9-3-1/h1-5,8H/p+1. The summed E-state index contributed by atoms with van der Waals surface area (Å²) >= 11 is 0. The van der Waals surface area contributed by atoms with Crippen molar-refractivity contribution in [3.05, 3.63) is 30.7 Å². The summed E-state index contributed by atoms with van der Waals surface area (Å²) < 4.78 is 0. The van der Waals surface area contributed by atoms with Crippen LogP contribution in [0.1, 0.15) is 0 Å². The molecule has 0 unspecified atom stereocenters. The lowest BCUT2D eigenvalue weighted by Gasteiger charge is -1.74. The predicted octanol–water partition coefficient (Wildman–Crippen LogP) is 0.982. The van der Waals surface area contributed by atoms with Crippen LogP contribution in [0.15, 0.2) is 30.7 Å². The summed E-state index contributed by atoms with van der Waals surface area (Å²) in [7, 11) is 0. The lowest BCUT2D eigenvalue weighted by atomic mass is 10.3. The maximum atomic E-state index is 3.10. The van der Waals surface area contributed by atoms with Crippen LogP contribution >= 0.6 is 0 Å². The van der Waals surface area contributed by atoms with Gasteiger partial charge in [0.05, 0.1) is 11.6 Å². The summed E-state index contributed by atoms with van der Waals surface area (Å²) in [6, 6.07) is 4.04. The number of pyridine rings is 1. The second kappa shape index (κ2) is 1.58. The summed E-state index contributed by atoms with van der Waals surface area (Å²) in [5.41, 5.74) is 1.15. The minimum Gasteiger partial charge on any atom is -0.361 e. The summed E-state index contributed by atoms with van der Waals surface area (Å²) in [6.07, 6.45) is 5.82. The topological polar surface area (TPSA) is 29.9 Å². The molecule has 0 aliphatic rings. The third-order valence-corrected chi connectivity index (χ3v) is 1.39. The molecular weight excluding hydrogens is 112 g/mol. The van der Waals surface area contributed by atoms with E-state index in [0.717, 1.165) is 5.52 Å². The molecule has 2 rings (SSSR count). The van der Waals surface area contributed by atoms with Crippen molar-refractivity contribution >= 4 is 10.9 Å². The second-order valence-corrected chi connectivity index (χ2v) is 1.99. The molecule has 0 spiro atoms. The summed E-state index contributed by atoms with van der Waals surface area (Å²) in [5, 5.41) is 1.22. The molecule has 0 aromatic carbocycles. The zero-order chi connectivity index (χ0) is 6.10. The van der Waals surface area contributed by atoms with Crippen molar-refractivity contribution in [1.29, 1.82) is 0 Å². The van der Waals surface area contributed by atoms with E-state index >= 15 is 0 Å². The Kier molecular flexibility index (Phi) is 0.803. The molecular formula is C7H7N2+. The van der Waals surface area contributed by atoms with Crippen LogP contribution in [0.2, 0.25) is 0 Å². The molecule has 0 saturated heterocycles. The highest BCUT2D eigenvalue weighted by Crippen LogP contribution is 2.03. The van der Waals surface area contributed by atoms with E-state index in [4.69, 9.17) is 0 Å². The molecule has 0 radical (unpaired) electrons. The van der Waals surface area contributed by atoms with E-state index < -0.39 is 0 Å². The van der Waals surface area contributed by atoms with Crippen molar-refractivity contribution in [2.45, 2.75) is 0 Å². The van der Waals surface area contributed by atoms with E-state index in [0.29, 0.717) is 0 Å². The van der Waals surface area contributed by atoms with Crippen LogP contribution in [-0.2, 0) is 0 Å². The van der Waals surface area contributed by atoms with Gasteiger partial charge in [-0.05, 0) is 6.07 Å². The number of aromatic amines is 2. The first-order chi connectivity index (χ1) is 4.47. The Balaban J connectivity index is 2.95. The smallest absolute Gasteiger partial charge is 0.228 e. The molecule has 0 aliphatic carbocycles. The SMILES string of the molecule is c1c[nH+]c2c[nH]cc2c1. The fourth-order valence-electron chi connectivity index (χ4n) is 0.928. The number of hydrogen-bond acceptors (Lipinski definition) is 0. The Morgan fingerprint density at radius 3 is 3.22 bits per heavy atom. The van der Waals surface area contributed by atoms with Crippen LogP contribution < -0.4 is 4.98 Å². The normalized spacial score (nSPS) is 10.2. The molecule has 2 aromatic rings. The first-order valence-electron chi connectivity index (χ1n) is 2.90. The van der Waals surface area contributed by atoms with Gasteiger partial charge >= 0.3 is 0 Å². The highest BCUT2D eigenvalue weighted by atomic mass is 14.7. The number of nitrogens with one attached hydrogen (secondary N) is 2. The Morgan fingerprint density at radius 1 is 1.33 bits per heavy atom. The fraction of sp³-hybridized carbons (Fsp3) is 0. The van der Waals surface area contributed by atoms with Crippen molar-refractivity contribution in [3.8, 4) is 0 Å². The third-order valence-electron chi connectivity index (χ3n) is 1.39. The second-order valence-electron chi connectivity index (χ2n) is 1.99. The summed E-state index contributed by atoms with van der Waals surface area (Å²) in [5.74, 6) is 0. The van der Waals surface area contributed by atoms with Crippen LogP contribution in [0, 0.1) is 0 Å². The van der Waals surface area contributed by atoms with Gasteiger partial charge in [0, 0.05) is 12.3 Å². The summed E-state index contributed by atoms with van der Waals surface area (Å²) in [4.78, 5) is 6.11. The Bertz CT molecular complexity index is 281. The van der Waals surface area contributed by atoms with Gasteiger partial charge in [-0.25, -0.2) is 4.98 Å². The quantitative estimate of drug-likeness (QED) is 0.536. The van der Waals surface area contributed by atoms with Gasteiger partial charge in [0.25, 0.3) is 0 Å². The highest BCUT2D eigenvalue weighted by Gasteiger charge is 1.95. The van der Waals surface area contributed by atoms with Crippen molar-refractivity contribution in [3.63, 3.8) is 0 Å². The fourth-order valence-corrected chi connectivity index (χ4v) is 0.928. The molecule has 0 bridgehead atoms. The Morgan fingerprint density at radius 2 is 2.33 bits per heavy atom. The third kappa shape index (κ3) is 0.598. The van der Waals surface area contributed by atoms with Gasteiger partial charge < -0.3 is 4.98 Å². The lowest BCUT2D eigenvalue weighted by molar-refractivity contribution is -0.344. The van der Waals surface area contributed by atoms with Crippen molar-refractivity contribution in [2.24, 2.45) is 0 Å². The average molecular weight is 119 g/mol. The van der Waals surface area contributed by atoms with Gasteiger partial charge in [-0.3, -0.25) is 0 Å². The molecule has 0 aliphatic heterocycles. The Hall–Kier alpha value is -1.31. The first-order valence-corrected chi connectivity index (χ1v) is 2.90. The van der Waals surface area contributed by atoms with E-state index in [-0.39, 0.29) is 0 Å². The predicted molar refractivity (Wildman–Crippen MR) is 34.9 cm³/mol. The molecule has 2 N–H and O–H groups in total. The molecule has 0 amide bonds. The van der Waals surface area contributed by atoms with Crippen LogP contribution in [0.3, 0.4) is 0 Å². The van der Waals surface area contributed by atoms with Gasteiger partial charge in [-0.15, -0.1) is 0 Å². The zero-order valence-corrected chi connectivity index (χ0v) is 4.89. The number of fused-ring (bicyclic) bond motifs is 1. The van der Waals surface area contributed by atoms with Crippen molar-refractivity contribution in [2.75, 3.05) is 0 Å². The summed E-state index contributed by atoms with van der Waals surface area (Å²) in [6.45, 7) is 0. The minimum absolute atomic E-state index is 1.15. The van der Waals surface area contributed by atoms with Crippen LogP contribution in [0.4, 0.5) is 0 Å². The molecule has 0 atom stereocenters. The maximum absolute atomic E-state index is 3.10. The number of aromatic nitrogens is 2. The number of H-pyrrole nitrogens is 2. The van der Waals surface area contributed by atoms with Gasteiger partial charge in [-0.2, -0.15) is 0 Å². The maximum Gasteiger partial charge on any atom is 0.228 e. The number of rotatable bonds is 0. The molecule has 9 heavy (non-hydrogen) atoms. The molecule has 2 heterocycles. The van der Waals surface area contributed by atoms with Gasteiger partial charge in [0.1, 0.15) is 0 Å². The monoisotopic (exact) mass is 119 g/mol. The van der Waals surface area contributed by atoms with Crippen LogP contribution in [-0.4, -0.2) is 4.98 Å². The van der Waals surface area contributed by atoms with Gasteiger partial charge in [0.15, 0.2) is 6.20 Å². The van der Waals surface area contributed by atoms with Crippen molar-refractivity contribution < 1.29 is 4.98 Å². The van der Waals surface area contributed by atoms with E-state index in [2.05, 4.69) is 16.0 Å². The lowest BCUT2D eigenvalue weighted by Crippen LogP contribution is -1.97. The van der Waals surface area contributed by atoms with E-state index in [9.17, 15) is 0 Å². The minimum atomic E-state index is 1.15. The van der Waals surface area contributed by atoms with Crippen LogP contribution in [0.25, 0.3) is 10.9 Å². The first kappa shape index (κ1) is 4.56. The van der Waals surface area contributed by atoms with Gasteiger partial charge in [0.2, 0.25) is 5.52 Å². The molecule has 2 aromatic heterocycles. The van der Waals surface area contributed by atoms with Crippen molar-refractivity contribution in [1.82, 2.24) is 4.98 Å². The molecule has 44 valence electrons. The van der Waals surface area contributed by atoms with E-state index in [1.807, 2.05) is 24.7 Å². The molecule has 2 nitrogen and oxygen atoms in total. The highest BCUT2D eigenvalue weighted by molar-refractivity contribution is 5.73. The zero-order valence-electron chi connectivity index (χ0n) is 4.89. The largest absolute Gasteiger partial charge is 0.361 e. The Labute approximate surface area is 52.5 Å². The van der Waals surface area contributed by atoms with Crippen LogP contribution in [0.5, 0.6) is 0 Å². The van der Waals surface area contributed by atoms with E-state index in [1.165, 1.54) is 5.39 Å². The molecule has 2 heteroatoms. The van der Waals surface area contributed by atoms with Gasteiger partial charge in [-0.1, -0.05) is 0 Å². The van der Waals surface area contributed by atoms with E-state index in [1.54, 1.807) is 0 Å².